The number of allylic oxidation sites excluding steroid dienone is 2. The Morgan fingerprint density at radius 2 is 1.85 bits per heavy atom. The molecule has 20 heavy (non-hydrogen) atoms. The Balaban J connectivity index is 1.60. The number of likely N-dealkylation sites (tertiary alicyclic amines) is 2. The molecule has 0 aromatic heterocycles. The van der Waals surface area contributed by atoms with Crippen LogP contribution in [0.25, 0.3) is 0 Å². The number of quaternary nitrogens is 1. The van der Waals surface area contributed by atoms with Gasteiger partial charge in [0.05, 0.1) is 38.0 Å². The molecule has 2 fully saturated rings. The first-order chi connectivity index (χ1) is 9.66. The maximum absolute atomic E-state index is 12.4. The van der Waals surface area contributed by atoms with Crippen LogP contribution in [0.1, 0.15) is 32.1 Å². The van der Waals surface area contributed by atoms with E-state index in [-0.39, 0.29) is 23.7 Å². The van der Waals surface area contributed by atoms with Crippen molar-refractivity contribution in [3.63, 3.8) is 0 Å². The van der Waals surface area contributed by atoms with E-state index in [9.17, 15) is 9.59 Å². The smallest absolute Gasteiger partial charge is 0.233 e. The van der Waals surface area contributed by atoms with Crippen molar-refractivity contribution in [1.82, 2.24) is 4.90 Å². The fraction of sp³-hybridized carbons (Fsp3) is 0.733. The molecule has 3 aliphatic rings. The van der Waals surface area contributed by atoms with Crippen LogP contribution in [-0.4, -0.2) is 42.9 Å². The predicted molar refractivity (Wildman–Crippen MR) is 76.3 cm³/mol. The molecular formula is C15H22ClN2O2+. The highest BCUT2D eigenvalue weighted by Gasteiger charge is 2.48. The summed E-state index contributed by atoms with van der Waals surface area (Å²) in [6, 6.07) is 0. The van der Waals surface area contributed by atoms with Crippen LogP contribution in [0.2, 0.25) is 0 Å². The summed E-state index contributed by atoms with van der Waals surface area (Å²) in [6.07, 6.45) is 6.92. The Morgan fingerprint density at radius 3 is 2.60 bits per heavy atom. The molecule has 0 spiro atoms. The number of carbonyl (C=O) groups excluding carboxylic acids is 2. The van der Waals surface area contributed by atoms with Crippen molar-refractivity contribution in [2.75, 3.05) is 26.2 Å². The van der Waals surface area contributed by atoms with Gasteiger partial charge < -0.3 is 4.90 Å². The molecule has 0 aromatic rings. The molecule has 2 heterocycles. The lowest BCUT2D eigenvalue weighted by atomic mass is 9.85. The molecular weight excluding hydrogens is 276 g/mol. The van der Waals surface area contributed by atoms with Gasteiger partial charge in [0.15, 0.2) is 0 Å². The fourth-order valence-corrected chi connectivity index (χ4v) is 3.94. The van der Waals surface area contributed by atoms with Gasteiger partial charge >= 0.3 is 0 Å². The second-order valence-corrected chi connectivity index (χ2v) is 6.68. The quantitative estimate of drug-likeness (QED) is 0.774. The summed E-state index contributed by atoms with van der Waals surface area (Å²) in [7, 11) is 0. The van der Waals surface area contributed by atoms with Crippen LogP contribution < -0.4 is 4.90 Å². The van der Waals surface area contributed by atoms with E-state index >= 15 is 0 Å². The van der Waals surface area contributed by atoms with Gasteiger partial charge in [-0.1, -0.05) is 17.7 Å². The Kier molecular flexibility index (Phi) is 4.13. The van der Waals surface area contributed by atoms with Gasteiger partial charge in [-0.25, -0.2) is 0 Å². The number of halogens is 1. The highest BCUT2D eigenvalue weighted by molar-refractivity contribution is 6.30. The van der Waals surface area contributed by atoms with E-state index < -0.39 is 0 Å². The number of piperidine rings is 1. The molecule has 0 saturated carbocycles. The van der Waals surface area contributed by atoms with Gasteiger partial charge in [-0.05, 0) is 32.1 Å². The largest absolute Gasteiger partial charge is 0.333 e. The highest BCUT2D eigenvalue weighted by Crippen LogP contribution is 2.38. The zero-order valence-corrected chi connectivity index (χ0v) is 12.5. The third-order valence-corrected chi connectivity index (χ3v) is 5.22. The van der Waals surface area contributed by atoms with Crippen molar-refractivity contribution in [1.29, 1.82) is 0 Å². The minimum absolute atomic E-state index is 0.00246. The third-order valence-electron chi connectivity index (χ3n) is 4.91. The second-order valence-electron chi connectivity index (χ2n) is 6.19. The van der Waals surface area contributed by atoms with E-state index in [1.807, 2.05) is 6.08 Å². The highest BCUT2D eigenvalue weighted by atomic mass is 35.5. The van der Waals surface area contributed by atoms with E-state index in [2.05, 4.69) is 0 Å². The summed E-state index contributed by atoms with van der Waals surface area (Å²) < 4.78 is 0. The van der Waals surface area contributed by atoms with E-state index in [0.717, 1.165) is 11.6 Å². The van der Waals surface area contributed by atoms with E-state index in [0.29, 0.717) is 19.4 Å². The van der Waals surface area contributed by atoms with Crippen LogP contribution in [0.15, 0.2) is 11.1 Å². The molecule has 0 unspecified atom stereocenters. The number of rotatable bonds is 3. The lowest BCUT2D eigenvalue weighted by Crippen LogP contribution is -3.13. The molecule has 0 aromatic carbocycles. The first-order valence-electron chi connectivity index (χ1n) is 7.70. The number of fused-ring (bicyclic) bond motifs is 1. The standard InChI is InChI=1S/C15H21ClN2O2/c16-11-4-5-12-13(10-11)15(20)18(14(12)19)9-8-17-6-2-1-3-7-17/h4,12-13H,1-3,5-10H2/p+1/t12-,13-/m0/s1. The molecule has 0 radical (unpaired) electrons. The molecule has 1 aliphatic carbocycles. The maximum atomic E-state index is 12.4. The molecule has 4 nitrogen and oxygen atoms in total. The van der Waals surface area contributed by atoms with Gasteiger partial charge in [0, 0.05) is 5.03 Å². The van der Waals surface area contributed by atoms with Gasteiger partial charge in [-0.3, -0.25) is 14.5 Å². The molecule has 2 atom stereocenters. The molecule has 1 N–H and O–H groups in total. The Labute approximate surface area is 124 Å². The van der Waals surface area contributed by atoms with Crippen molar-refractivity contribution in [2.45, 2.75) is 32.1 Å². The summed E-state index contributed by atoms with van der Waals surface area (Å²) in [5, 5.41) is 0.732. The average molecular weight is 298 g/mol. The number of carbonyl (C=O) groups is 2. The van der Waals surface area contributed by atoms with Crippen molar-refractivity contribution >= 4 is 23.4 Å². The Hall–Kier alpha value is -0.870. The maximum Gasteiger partial charge on any atom is 0.233 e. The third kappa shape index (κ3) is 2.63. The lowest BCUT2D eigenvalue weighted by molar-refractivity contribution is -0.904. The zero-order chi connectivity index (χ0) is 14.1. The number of amides is 2. The zero-order valence-electron chi connectivity index (χ0n) is 11.7. The Bertz CT molecular complexity index is 443. The van der Waals surface area contributed by atoms with Crippen molar-refractivity contribution < 1.29 is 14.5 Å². The minimum atomic E-state index is -0.198. The number of imide groups is 1. The molecule has 2 amide bonds. The predicted octanol–water partition coefficient (Wildman–Crippen LogP) is 0.573. The van der Waals surface area contributed by atoms with Crippen molar-refractivity contribution in [3.05, 3.63) is 11.1 Å². The van der Waals surface area contributed by atoms with Crippen LogP contribution in [0.4, 0.5) is 0 Å². The first kappa shape index (κ1) is 14.1. The molecule has 5 heteroatoms. The molecule has 0 bridgehead atoms. The van der Waals surface area contributed by atoms with E-state index in [4.69, 9.17) is 11.6 Å². The summed E-state index contributed by atoms with van der Waals surface area (Å²) >= 11 is 6.02. The second kappa shape index (κ2) is 5.86. The molecule has 110 valence electrons. The fourth-order valence-electron chi connectivity index (χ4n) is 3.69. The van der Waals surface area contributed by atoms with Gasteiger partial charge in [0.1, 0.15) is 0 Å². The number of nitrogens with zero attached hydrogens (tertiary/aromatic N) is 1. The summed E-state index contributed by atoms with van der Waals surface area (Å²) in [5.74, 6) is -0.322. The van der Waals surface area contributed by atoms with Gasteiger partial charge in [0.25, 0.3) is 0 Å². The summed E-state index contributed by atoms with van der Waals surface area (Å²) in [5.41, 5.74) is 0. The number of hydrogen-bond donors (Lipinski definition) is 1. The summed E-state index contributed by atoms with van der Waals surface area (Å²) in [6.45, 7) is 3.84. The van der Waals surface area contributed by atoms with Crippen LogP contribution in [0.3, 0.4) is 0 Å². The van der Waals surface area contributed by atoms with E-state index in [1.54, 1.807) is 0 Å². The average Bonchev–Trinajstić information content (AvgIpc) is 2.70. The lowest BCUT2D eigenvalue weighted by Gasteiger charge is -2.25. The van der Waals surface area contributed by atoms with Crippen molar-refractivity contribution in [2.24, 2.45) is 11.8 Å². The van der Waals surface area contributed by atoms with Crippen LogP contribution in [0.5, 0.6) is 0 Å². The molecule has 2 aliphatic heterocycles. The molecule has 3 rings (SSSR count). The topological polar surface area (TPSA) is 41.8 Å². The number of nitrogens with one attached hydrogen (secondary N) is 1. The molecule has 2 saturated heterocycles. The minimum Gasteiger partial charge on any atom is -0.333 e. The number of hydrogen-bond acceptors (Lipinski definition) is 2. The van der Waals surface area contributed by atoms with Gasteiger partial charge in [-0.15, -0.1) is 0 Å². The van der Waals surface area contributed by atoms with E-state index in [1.165, 1.54) is 42.2 Å². The normalized spacial score (nSPS) is 31.4. The van der Waals surface area contributed by atoms with Crippen LogP contribution in [-0.2, 0) is 9.59 Å². The SMILES string of the molecule is O=C1[C@H]2CC=C(Cl)C[C@@H]2C(=O)N1CC[NH+]1CCCCC1. The van der Waals surface area contributed by atoms with Gasteiger partial charge in [-0.2, -0.15) is 0 Å². The summed E-state index contributed by atoms with van der Waals surface area (Å²) in [4.78, 5) is 27.8. The van der Waals surface area contributed by atoms with Crippen LogP contribution >= 0.6 is 11.6 Å². The first-order valence-corrected chi connectivity index (χ1v) is 8.08. The Morgan fingerprint density at radius 1 is 1.15 bits per heavy atom. The monoisotopic (exact) mass is 297 g/mol. The van der Waals surface area contributed by atoms with Crippen molar-refractivity contribution in [3.8, 4) is 0 Å². The van der Waals surface area contributed by atoms with Crippen LogP contribution in [0, 0.1) is 11.8 Å². The van der Waals surface area contributed by atoms with Gasteiger partial charge in [0.2, 0.25) is 11.8 Å².